The van der Waals surface area contributed by atoms with Crippen LogP contribution in [0.25, 0.3) is 11.2 Å². The summed E-state index contributed by atoms with van der Waals surface area (Å²) in [6.07, 6.45) is 3.25. The number of nitrogens with zero attached hydrogens (tertiary/aromatic N) is 4. The van der Waals surface area contributed by atoms with Crippen LogP contribution in [-0.4, -0.2) is 27.0 Å². The largest absolute Gasteiger partial charge is 0.497 e. The van der Waals surface area contributed by atoms with Crippen molar-refractivity contribution in [2.45, 2.75) is 6.54 Å². The SMILES string of the molecule is COc1ccc(Nc2nc(NCc3ccccc3)nc3nccnc23)cc1. The minimum Gasteiger partial charge on any atom is -0.497 e. The first-order valence-electron chi connectivity index (χ1n) is 8.49. The van der Waals surface area contributed by atoms with Crippen molar-refractivity contribution in [3.63, 3.8) is 0 Å². The maximum atomic E-state index is 5.20. The molecule has 2 aromatic heterocycles. The Kier molecular flexibility index (Phi) is 4.74. The molecule has 0 unspecified atom stereocenters. The van der Waals surface area contributed by atoms with Crippen molar-refractivity contribution < 1.29 is 4.74 Å². The van der Waals surface area contributed by atoms with Crippen molar-refractivity contribution >= 4 is 28.6 Å². The Hall–Kier alpha value is -3.74. The smallest absolute Gasteiger partial charge is 0.227 e. The van der Waals surface area contributed by atoms with E-state index in [-0.39, 0.29) is 0 Å². The lowest BCUT2D eigenvalue weighted by atomic mass is 10.2. The van der Waals surface area contributed by atoms with Gasteiger partial charge in [0.15, 0.2) is 17.0 Å². The number of aromatic nitrogens is 4. The second kappa shape index (κ2) is 7.65. The van der Waals surface area contributed by atoms with Crippen molar-refractivity contribution in [2.75, 3.05) is 17.7 Å². The molecule has 27 heavy (non-hydrogen) atoms. The third-order valence-corrected chi connectivity index (χ3v) is 3.98. The highest BCUT2D eigenvalue weighted by molar-refractivity contribution is 5.85. The van der Waals surface area contributed by atoms with Gasteiger partial charge in [0.25, 0.3) is 0 Å². The molecular weight excluding hydrogens is 340 g/mol. The average molecular weight is 358 g/mol. The van der Waals surface area contributed by atoms with Gasteiger partial charge in [0, 0.05) is 24.6 Å². The molecule has 0 aliphatic rings. The molecule has 2 aromatic carbocycles. The highest BCUT2D eigenvalue weighted by Gasteiger charge is 2.10. The molecule has 2 heterocycles. The van der Waals surface area contributed by atoms with Crippen LogP contribution in [0.4, 0.5) is 17.5 Å². The predicted molar refractivity (Wildman–Crippen MR) is 105 cm³/mol. The van der Waals surface area contributed by atoms with Crippen molar-refractivity contribution in [3.8, 4) is 5.75 Å². The summed E-state index contributed by atoms with van der Waals surface area (Å²) in [6, 6.07) is 17.7. The van der Waals surface area contributed by atoms with Gasteiger partial charge in [-0.05, 0) is 29.8 Å². The number of ether oxygens (including phenoxy) is 1. The lowest BCUT2D eigenvalue weighted by Gasteiger charge is -2.11. The molecule has 0 saturated heterocycles. The van der Waals surface area contributed by atoms with Gasteiger partial charge in [0.1, 0.15) is 5.75 Å². The number of hydrogen-bond donors (Lipinski definition) is 2. The first-order valence-corrected chi connectivity index (χ1v) is 8.49. The molecular formula is C20H18N6O. The van der Waals surface area contributed by atoms with E-state index in [1.165, 1.54) is 0 Å². The Morgan fingerprint density at radius 1 is 0.889 bits per heavy atom. The highest BCUT2D eigenvalue weighted by Crippen LogP contribution is 2.24. The fraction of sp³-hybridized carbons (Fsp3) is 0.100. The molecule has 7 nitrogen and oxygen atoms in total. The average Bonchev–Trinajstić information content (AvgIpc) is 2.73. The first-order chi connectivity index (χ1) is 13.3. The Morgan fingerprint density at radius 2 is 1.67 bits per heavy atom. The van der Waals surface area contributed by atoms with Crippen molar-refractivity contribution in [1.29, 1.82) is 0 Å². The maximum absolute atomic E-state index is 5.20. The van der Waals surface area contributed by atoms with Gasteiger partial charge in [-0.25, -0.2) is 9.97 Å². The number of fused-ring (bicyclic) bond motifs is 1. The summed E-state index contributed by atoms with van der Waals surface area (Å²) in [7, 11) is 1.64. The number of rotatable bonds is 6. The van der Waals surface area contributed by atoms with Crippen LogP contribution >= 0.6 is 0 Å². The second-order valence-electron chi connectivity index (χ2n) is 5.82. The predicted octanol–water partition coefficient (Wildman–Crippen LogP) is 3.78. The summed E-state index contributed by atoms with van der Waals surface area (Å²) >= 11 is 0. The first kappa shape index (κ1) is 16.7. The standard InChI is InChI=1S/C20H18N6O/c1-27-16-9-7-15(8-10-16)24-19-17-18(22-12-11-21-17)25-20(26-19)23-13-14-5-3-2-4-6-14/h2-12H,13H2,1H3,(H2,22,23,24,25,26). The molecule has 0 aliphatic carbocycles. The fourth-order valence-corrected chi connectivity index (χ4v) is 2.62. The lowest BCUT2D eigenvalue weighted by Crippen LogP contribution is -2.07. The zero-order valence-corrected chi connectivity index (χ0v) is 14.8. The molecule has 0 aliphatic heterocycles. The topological polar surface area (TPSA) is 84.9 Å². The van der Waals surface area contributed by atoms with Crippen molar-refractivity contribution in [2.24, 2.45) is 0 Å². The van der Waals surface area contributed by atoms with E-state index in [1.807, 2.05) is 54.6 Å². The van der Waals surface area contributed by atoms with Crippen LogP contribution in [0.3, 0.4) is 0 Å². The number of hydrogen-bond acceptors (Lipinski definition) is 7. The summed E-state index contributed by atoms with van der Waals surface area (Å²) in [4.78, 5) is 17.7. The van der Waals surface area contributed by atoms with E-state index in [0.717, 1.165) is 17.0 Å². The third kappa shape index (κ3) is 3.92. The number of benzene rings is 2. The molecule has 0 amide bonds. The third-order valence-electron chi connectivity index (χ3n) is 3.98. The molecule has 0 radical (unpaired) electrons. The van der Waals surface area contributed by atoms with Gasteiger partial charge in [-0.2, -0.15) is 9.97 Å². The van der Waals surface area contributed by atoms with E-state index in [2.05, 4.69) is 30.6 Å². The van der Waals surface area contributed by atoms with Crippen LogP contribution in [0.5, 0.6) is 5.75 Å². The van der Waals surface area contributed by atoms with Crippen LogP contribution in [-0.2, 0) is 6.54 Å². The Balaban J connectivity index is 1.63. The van der Waals surface area contributed by atoms with Gasteiger partial charge >= 0.3 is 0 Å². The summed E-state index contributed by atoms with van der Waals surface area (Å²) in [6.45, 7) is 0.620. The summed E-state index contributed by atoms with van der Waals surface area (Å²) < 4.78 is 5.20. The van der Waals surface area contributed by atoms with Crippen LogP contribution in [0.1, 0.15) is 5.56 Å². The molecule has 0 bridgehead atoms. The van der Waals surface area contributed by atoms with Gasteiger partial charge in [-0.3, -0.25) is 0 Å². The lowest BCUT2D eigenvalue weighted by molar-refractivity contribution is 0.415. The van der Waals surface area contributed by atoms with E-state index in [4.69, 9.17) is 4.74 Å². The normalized spacial score (nSPS) is 10.6. The van der Waals surface area contributed by atoms with Gasteiger partial charge in [0.2, 0.25) is 5.95 Å². The molecule has 0 atom stereocenters. The van der Waals surface area contributed by atoms with Gasteiger partial charge in [-0.1, -0.05) is 30.3 Å². The van der Waals surface area contributed by atoms with Crippen molar-refractivity contribution in [1.82, 2.24) is 19.9 Å². The minimum absolute atomic E-state index is 0.489. The summed E-state index contributed by atoms with van der Waals surface area (Å²) in [5, 5.41) is 6.54. The number of methoxy groups -OCH3 is 1. The Bertz CT molecular complexity index is 1040. The zero-order valence-electron chi connectivity index (χ0n) is 14.8. The quantitative estimate of drug-likeness (QED) is 0.542. The summed E-state index contributed by atoms with van der Waals surface area (Å²) in [5.41, 5.74) is 3.15. The van der Waals surface area contributed by atoms with Crippen molar-refractivity contribution in [3.05, 3.63) is 72.6 Å². The monoisotopic (exact) mass is 358 g/mol. The van der Waals surface area contributed by atoms with Gasteiger partial charge < -0.3 is 15.4 Å². The molecule has 0 saturated carbocycles. The van der Waals surface area contributed by atoms with Gasteiger partial charge in [-0.15, -0.1) is 0 Å². The molecule has 0 fully saturated rings. The minimum atomic E-state index is 0.489. The van der Waals surface area contributed by atoms with Gasteiger partial charge in [0.05, 0.1) is 7.11 Å². The van der Waals surface area contributed by atoms with E-state index < -0.39 is 0 Å². The maximum Gasteiger partial charge on any atom is 0.227 e. The molecule has 4 aromatic rings. The Labute approximate surface area is 156 Å². The van der Waals surface area contributed by atoms with Crippen LogP contribution in [0.15, 0.2) is 67.0 Å². The molecule has 7 heteroatoms. The Morgan fingerprint density at radius 3 is 2.44 bits per heavy atom. The highest BCUT2D eigenvalue weighted by atomic mass is 16.5. The van der Waals surface area contributed by atoms with Crippen LogP contribution in [0.2, 0.25) is 0 Å². The van der Waals surface area contributed by atoms with E-state index in [1.54, 1.807) is 19.5 Å². The second-order valence-corrected chi connectivity index (χ2v) is 5.82. The molecule has 2 N–H and O–H groups in total. The zero-order chi connectivity index (χ0) is 18.5. The number of anilines is 3. The van der Waals surface area contributed by atoms with E-state index in [0.29, 0.717) is 29.5 Å². The van der Waals surface area contributed by atoms with E-state index >= 15 is 0 Å². The van der Waals surface area contributed by atoms with Crippen LogP contribution in [0, 0.1) is 0 Å². The fourth-order valence-electron chi connectivity index (χ4n) is 2.62. The molecule has 0 spiro atoms. The summed E-state index contributed by atoms with van der Waals surface area (Å²) in [5.74, 6) is 1.87. The van der Waals surface area contributed by atoms with E-state index in [9.17, 15) is 0 Å². The number of nitrogens with one attached hydrogen (secondary N) is 2. The van der Waals surface area contributed by atoms with Crippen LogP contribution < -0.4 is 15.4 Å². The molecule has 4 rings (SSSR count). The molecule has 134 valence electrons.